The normalized spacial score (nSPS) is 11.0. The highest BCUT2D eigenvalue weighted by Gasteiger charge is 2.30. The van der Waals surface area contributed by atoms with Gasteiger partial charge in [0, 0.05) is 17.3 Å². The SMILES string of the molecule is N#Cc1cnc(CC(=O)Nc2ccc(CCNCc3ccc(OC(F)(F)F)cc3)c(Cl)c2)cn1. The Bertz CT molecular complexity index is 1160. The summed E-state index contributed by atoms with van der Waals surface area (Å²) in [4.78, 5) is 20.1. The third-order valence-electron chi connectivity index (χ3n) is 4.56. The quantitative estimate of drug-likeness (QED) is 0.432. The molecule has 0 bridgehead atoms. The van der Waals surface area contributed by atoms with E-state index in [1.165, 1.54) is 24.5 Å². The topological polar surface area (TPSA) is 99.9 Å². The van der Waals surface area contributed by atoms with Crippen LogP contribution in [0.2, 0.25) is 5.02 Å². The first-order chi connectivity index (χ1) is 16.2. The summed E-state index contributed by atoms with van der Waals surface area (Å²) in [6.07, 6.45) is -1.41. The molecule has 7 nitrogen and oxygen atoms in total. The van der Waals surface area contributed by atoms with E-state index in [1.54, 1.807) is 24.3 Å². The molecule has 0 atom stereocenters. The molecule has 176 valence electrons. The number of anilines is 1. The Morgan fingerprint density at radius 1 is 1.12 bits per heavy atom. The van der Waals surface area contributed by atoms with Crippen LogP contribution in [0.1, 0.15) is 22.5 Å². The van der Waals surface area contributed by atoms with Gasteiger partial charge in [-0.05, 0) is 48.4 Å². The van der Waals surface area contributed by atoms with Gasteiger partial charge < -0.3 is 15.4 Å². The molecule has 0 fully saturated rings. The van der Waals surface area contributed by atoms with Crippen LogP contribution < -0.4 is 15.4 Å². The van der Waals surface area contributed by atoms with Gasteiger partial charge in [-0.15, -0.1) is 13.2 Å². The summed E-state index contributed by atoms with van der Waals surface area (Å²) < 4.78 is 40.5. The second kappa shape index (κ2) is 11.4. The Balaban J connectivity index is 1.44. The van der Waals surface area contributed by atoms with Gasteiger partial charge in [-0.1, -0.05) is 29.8 Å². The summed E-state index contributed by atoms with van der Waals surface area (Å²) in [5.41, 5.74) is 2.83. The van der Waals surface area contributed by atoms with Crippen LogP contribution in [-0.4, -0.2) is 28.8 Å². The molecule has 1 amide bonds. The van der Waals surface area contributed by atoms with Crippen LogP contribution in [0.15, 0.2) is 54.9 Å². The van der Waals surface area contributed by atoms with Crippen molar-refractivity contribution in [3.8, 4) is 11.8 Å². The van der Waals surface area contributed by atoms with Crippen molar-refractivity contribution in [2.24, 2.45) is 0 Å². The Morgan fingerprint density at radius 2 is 1.88 bits per heavy atom. The molecule has 0 spiro atoms. The highest BCUT2D eigenvalue weighted by Crippen LogP contribution is 2.23. The number of carbonyl (C=O) groups excluding carboxylic acids is 1. The molecule has 2 aromatic carbocycles. The van der Waals surface area contributed by atoms with Crippen molar-refractivity contribution in [3.05, 3.63) is 82.4 Å². The minimum atomic E-state index is -4.71. The van der Waals surface area contributed by atoms with Crippen LogP contribution in [0.3, 0.4) is 0 Å². The molecule has 0 aliphatic rings. The highest BCUT2D eigenvalue weighted by atomic mass is 35.5. The van der Waals surface area contributed by atoms with E-state index in [4.69, 9.17) is 16.9 Å². The molecule has 0 aliphatic heterocycles. The van der Waals surface area contributed by atoms with Gasteiger partial charge >= 0.3 is 6.36 Å². The molecular weight excluding hydrogens is 471 g/mol. The number of nitrogens with one attached hydrogen (secondary N) is 2. The minimum absolute atomic E-state index is 0.00527. The first-order valence-corrected chi connectivity index (χ1v) is 10.4. The Kier molecular flexibility index (Phi) is 8.40. The maximum atomic E-state index is 12.2. The number of alkyl halides is 3. The first-order valence-electron chi connectivity index (χ1n) is 10.1. The van der Waals surface area contributed by atoms with Gasteiger partial charge in [0.2, 0.25) is 5.91 Å². The van der Waals surface area contributed by atoms with Crippen LogP contribution in [0.5, 0.6) is 5.75 Å². The zero-order valence-electron chi connectivity index (χ0n) is 17.7. The third kappa shape index (κ3) is 8.03. The van der Waals surface area contributed by atoms with E-state index in [2.05, 4.69) is 25.3 Å². The zero-order chi connectivity index (χ0) is 24.6. The fraction of sp³-hybridized carbons (Fsp3) is 0.217. The summed E-state index contributed by atoms with van der Waals surface area (Å²) in [5.74, 6) is -0.559. The molecule has 0 saturated heterocycles. The van der Waals surface area contributed by atoms with E-state index < -0.39 is 6.36 Å². The number of nitrogens with zero attached hydrogens (tertiary/aromatic N) is 3. The second-order valence-corrected chi connectivity index (χ2v) is 7.56. The average molecular weight is 490 g/mol. The van der Waals surface area contributed by atoms with Crippen LogP contribution in [0.25, 0.3) is 0 Å². The highest BCUT2D eigenvalue weighted by molar-refractivity contribution is 6.31. The summed E-state index contributed by atoms with van der Waals surface area (Å²) in [5, 5.41) is 15.2. The number of carbonyl (C=O) groups is 1. The van der Waals surface area contributed by atoms with Crippen LogP contribution in [0, 0.1) is 11.3 Å². The minimum Gasteiger partial charge on any atom is -0.406 e. The largest absolute Gasteiger partial charge is 0.573 e. The van der Waals surface area contributed by atoms with E-state index in [9.17, 15) is 18.0 Å². The Morgan fingerprint density at radius 3 is 2.50 bits per heavy atom. The molecule has 3 aromatic rings. The van der Waals surface area contributed by atoms with Crippen molar-refractivity contribution in [3.63, 3.8) is 0 Å². The van der Waals surface area contributed by atoms with Crippen molar-refractivity contribution >= 4 is 23.2 Å². The van der Waals surface area contributed by atoms with E-state index >= 15 is 0 Å². The molecule has 3 rings (SSSR count). The van der Waals surface area contributed by atoms with Gasteiger partial charge in [-0.2, -0.15) is 5.26 Å². The van der Waals surface area contributed by atoms with Gasteiger partial charge in [-0.3, -0.25) is 9.78 Å². The summed E-state index contributed by atoms with van der Waals surface area (Å²) >= 11 is 6.33. The first kappa shape index (κ1) is 25.0. The second-order valence-electron chi connectivity index (χ2n) is 7.15. The van der Waals surface area contributed by atoms with Crippen molar-refractivity contribution in [2.45, 2.75) is 25.7 Å². The van der Waals surface area contributed by atoms with Gasteiger partial charge in [0.05, 0.1) is 24.5 Å². The van der Waals surface area contributed by atoms with Crippen LogP contribution in [0.4, 0.5) is 18.9 Å². The number of aromatic nitrogens is 2. The van der Waals surface area contributed by atoms with E-state index in [-0.39, 0.29) is 23.8 Å². The summed E-state index contributed by atoms with van der Waals surface area (Å²) in [6.45, 7) is 1.06. The molecule has 1 aromatic heterocycles. The lowest BCUT2D eigenvalue weighted by molar-refractivity contribution is -0.274. The number of benzene rings is 2. The molecule has 2 N–H and O–H groups in total. The number of rotatable bonds is 9. The number of halogens is 4. The standard InChI is InChI=1S/C23H19ClF3N5O2/c24-21-9-17(32-22(33)10-18-13-31-19(11-28)14-30-18)4-3-16(21)7-8-29-12-15-1-5-20(6-2-15)34-23(25,26)27/h1-6,9,13-14,29H,7-8,10,12H2,(H,32,33). The smallest absolute Gasteiger partial charge is 0.406 e. The zero-order valence-corrected chi connectivity index (χ0v) is 18.5. The number of amides is 1. The maximum absolute atomic E-state index is 12.2. The van der Waals surface area contributed by atoms with E-state index in [1.807, 2.05) is 12.1 Å². The lowest BCUT2D eigenvalue weighted by atomic mass is 10.1. The lowest BCUT2D eigenvalue weighted by Gasteiger charge is -2.11. The average Bonchev–Trinajstić information content (AvgIpc) is 2.78. The van der Waals surface area contributed by atoms with Gasteiger partial charge in [0.25, 0.3) is 0 Å². The number of nitriles is 1. The van der Waals surface area contributed by atoms with E-state index in [0.717, 1.165) is 11.1 Å². The lowest BCUT2D eigenvalue weighted by Crippen LogP contribution is -2.18. The molecule has 11 heteroatoms. The molecular formula is C23H19ClF3N5O2. The predicted octanol–water partition coefficient (Wildman–Crippen LogP) is 4.41. The molecule has 0 unspecified atom stereocenters. The fourth-order valence-corrected chi connectivity index (χ4v) is 3.24. The molecule has 0 radical (unpaired) electrons. The van der Waals surface area contributed by atoms with Crippen LogP contribution in [-0.2, 0) is 24.2 Å². The summed E-state index contributed by atoms with van der Waals surface area (Å²) in [6, 6.07) is 12.7. The van der Waals surface area contributed by atoms with Gasteiger partial charge in [0.15, 0.2) is 5.69 Å². The molecule has 34 heavy (non-hydrogen) atoms. The molecule has 0 saturated carbocycles. The number of hydrogen-bond donors (Lipinski definition) is 2. The van der Waals surface area contributed by atoms with Crippen molar-refractivity contribution < 1.29 is 22.7 Å². The number of hydrogen-bond acceptors (Lipinski definition) is 6. The van der Waals surface area contributed by atoms with Crippen molar-refractivity contribution in [2.75, 3.05) is 11.9 Å². The molecule has 1 heterocycles. The maximum Gasteiger partial charge on any atom is 0.573 e. The Labute approximate surface area is 198 Å². The van der Waals surface area contributed by atoms with Gasteiger partial charge in [0.1, 0.15) is 11.8 Å². The van der Waals surface area contributed by atoms with Crippen LogP contribution >= 0.6 is 11.6 Å². The fourth-order valence-electron chi connectivity index (χ4n) is 2.97. The van der Waals surface area contributed by atoms with Crippen molar-refractivity contribution in [1.82, 2.24) is 15.3 Å². The monoisotopic (exact) mass is 489 g/mol. The van der Waals surface area contributed by atoms with E-state index in [0.29, 0.717) is 35.9 Å². The number of ether oxygens (including phenoxy) is 1. The predicted molar refractivity (Wildman–Crippen MR) is 119 cm³/mol. The van der Waals surface area contributed by atoms with Gasteiger partial charge in [-0.25, -0.2) is 4.98 Å². The Hall–Kier alpha value is -3.68. The third-order valence-corrected chi connectivity index (χ3v) is 4.91. The summed E-state index contributed by atoms with van der Waals surface area (Å²) in [7, 11) is 0. The molecule has 0 aliphatic carbocycles. The van der Waals surface area contributed by atoms with Crippen molar-refractivity contribution in [1.29, 1.82) is 5.26 Å².